The third-order valence-corrected chi connectivity index (χ3v) is 5.10. The molecule has 1 aromatic rings. The summed E-state index contributed by atoms with van der Waals surface area (Å²) in [5.41, 5.74) is 7.18. The van der Waals surface area contributed by atoms with Crippen molar-refractivity contribution in [1.29, 1.82) is 0 Å². The summed E-state index contributed by atoms with van der Waals surface area (Å²) in [6, 6.07) is 7.14. The number of hydrogen-bond donors (Lipinski definition) is 4. The molecule has 244 valence electrons. The van der Waals surface area contributed by atoms with Crippen molar-refractivity contribution in [3.05, 3.63) is 29.8 Å². The fourth-order valence-electron chi connectivity index (χ4n) is 2.80. The number of urea groups is 1. The van der Waals surface area contributed by atoms with Crippen molar-refractivity contribution in [3.8, 4) is 0 Å². The molecule has 0 saturated heterocycles. The molecule has 2 atom stereocenters. The lowest BCUT2D eigenvalue weighted by Crippen LogP contribution is -2.44. The van der Waals surface area contributed by atoms with Crippen LogP contribution in [0.5, 0.6) is 0 Å². The summed E-state index contributed by atoms with van der Waals surface area (Å²) >= 11 is 0. The molecule has 0 heterocycles. The van der Waals surface area contributed by atoms with Gasteiger partial charge in [0, 0.05) is 25.7 Å². The smallest absolute Gasteiger partial charge is 0.314 e. The molecule has 0 aromatic heterocycles. The van der Waals surface area contributed by atoms with Crippen molar-refractivity contribution in [2.75, 3.05) is 26.0 Å². The Bertz CT molecular complexity index is 829. The number of benzene rings is 1. The minimum atomic E-state index is -0.404. The quantitative estimate of drug-likeness (QED) is 0.244. The van der Waals surface area contributed by atoms with Crippen LogP contribution in [0.1, 0.15) is 94.1 Å². The van der Waals surface area contributed by atoms with Gasteiger partial charge >= 0.3 is 6.03 Å². The second-order valence-corrected chi connectivity index (χ2v) is 10.2. The second-order valence-electron chi connectivity index (χ2n) is 10.2. The van der Waals surface area contributed by atoms with E-state index in [-0.39, 0.29) is 23.9 Å². The normalized spacial score (nSPS) is 10.8. The van der Waals surface area contributed by atoms with Crippen LogP contribution in [-0.2, 0) is 25.6 Å². The first-order valence-electron chi connectivity index (χ1n) is 14.9. The molecule has 0 bridgehead atoms. The highest BCUT2D eigenvalue weighted by atomic mass is 16.2. The molecule has 0 aliphatic heterocycles. The first-order chi connectivity index (χ1) is 19.7. The topological polar surface area (TPSA) is 151 Å². The number of nitrogens with two attached hydrogens (primary N) is 1. The summed E-state index contributed by atoms with van der Waals surface area (Å²) in [6.45, 7) is 20.2. The van der Waals surface area contributed by atoms with E-state index in [2.05, 4.69) is 48.9 Å². The van der Waals surface area contributed by atoms with Crippen LogP contribution in [0.3, 0.4) is 0 Å². The van der Waals surface area contributed by atoms with Gasteiger partial charge in [-0.15, -0.1) is 0 Å². The molecule has 0 aliphatic rings. The van der Waals surface area contributed by atoms with Crippen LogP contribution in [0.15, 0.2) is 24.3 Å². The number of hydrogen-bond acceptors (Lipinski definition) is 6. The summed E-state index contributed by atoms with van der Waals surface area (Å²) in [5.74, 6) is 0.996. The Kier molecular flexibility index (Phi) is 33.4. The summed E-state index contributed by atoms with van der Waals surface area (Å²) in [5, 5.41) is 8.19. The van der Waals surface area contributed by atoms with E-state index in [1.54, 1.807) is 27.9 Å². The predicted octanol–water partition coefficient (Wildman–Crippen LogP) is 5.20. The molecule has 1 rings (SSSR count). The van der Waals surface area contributed by atoms with Gasteiger partial charge in [-0.1, -0.05) is 67.0 Å². The van der Waals surface area contributed by atoms with Crippen molar-refractivity contribution in [1.82, 2.24) is 15.5 Å². The number of aldehydes is 2. The summed E-state index contributed by atoms with van der Waals surface area (Å²) in [4.78, 5) is 53.4. The molecule has 0 radical (unpaired) electrons. The van der Waals surface area contributed by atoms with Crippen LogP contribution in [-0.4, -0.2) is 68.0 Å². The van der Waals surface area contributed by atoms with Gasteiger partial charge in [-0.2, -0.15) is 0 Å². The number of nitrogens with one attached hydrogen (secondary N) is 3. The van der Waals surface area contributed by atoms with Crippen molar-refractivity contribution in [2.45, 2.75) is 107 Å². The van der Waals surface area contributed by atoms with E-state index >= 15 is 0 Å². The largest absolute Gasteiger partial charge is 0.351 e. The number of primary amides is 1. The van der Waals surface area contributed by atoms with Crippen LogP contribution in [0, 0.1) is 11.8 Å². The molecule has 5 N–H and O–H groups in total. The first-order valence-corrected chi connectivity index (χ1v) is 14.9. The molecule has 42 heavy (non-hydrogen) atoms. The van der Waals surface area contributed by atoms with Gasteiger partial charge in [-0.05, 0) is 70.2 Å². The summed E-state index contributed by atoms with van der Waals surface area (Å²) < 4.78 is 0. The van der Waals surface area contributed by atoms with Crippen LogP contribution in [0.2, 0.25) is 0 Å². The standard InChI is InChI=1S/C15H23NO.C7H14N2O2.C6H14N2O.C2H4O.C2H6/c1-11(2)9-13-5-7-14(8-6-13)16-15(17)10-12(3)4;1-5(4-10)9-7(11)6(2)8-3;1-3-4-5-8(2)6(7)9;1-2-3;1-2/h5-8,11-12H,9-10H2,1-4H3,(H,16,17);4-6,8H,1-3H3,(H,9,11);3-5H2,1-2H3,(H2,7,9);2H,1H3;1-2H3. The van der Waals surface area contributed by atoms with Gasteiger partial charge in [0.15, 0.2) is 0 Å². The van der Waals surface area contributed by atoms with Gasteiger partial charge in [-0.3, -0.25) is 9.59 Å². The zero-order valence-corrected chi connectivity index (χ0v) is 28.4. The maximum Gasteiger partial charge on any atom is 0.314 e. The van der Waals surface area contributed by atoms with E-state index in [9.17, 15) is 19.2 Å². The first kappa shape index (κ1) is 45.7. The maximum atomic E-state index is 11.6. The maximum absolute atomic E-state index is 11.6. The monoisotopic (exact) mass is 595 g/mol. The van der Waals surface area contributed by atoms with Gasteiger partial charge in [0.05, 0.1) is 12.1 Å². The van der Waals surface area contributed by atoms with Crippen LogP contribution in [0.25, 0.3) is 0 Å². The summed E-state index contributed by atoms with van der Waals surface area (Å²) in [6.07, 6.45) is 5.23. The summed E-state index contributed by atoms with van der Waals surface area (Å²) in [7, 11) is 3.40. The third kappa shape index (κ3) is 31.3. The van der Waals surface area contributed by atoms with E-state index in [1.807, 2.05) is 39.8 Å². The van der Waals surface area contributed by atoms with Crippen molar-refractivity contribution in [2.24, 2.45) is 17.6 Å². The molecule has 2 unspecified atom stereocenters. The van der Waals surface area contributed by atoms with Gasteiger partial charge < -0.3 is 36.2 Å². The number of carbonyl (C=O) groups is 5. The number of amides is 4. The fourth-order valence-corrected chi connectivity index (χ4v) is 2.80. The molecule has 10 heteroatoms. The molecule has 0 fully saturated rings. The van der Waals surface area contributed by atoms with E-state index in [0.29, 0.717) is 24.5 Å². The molecule has 0 spiro atoms. The Morgan fingerprint density at radius 2 is 1.45 bits per heavy atom. The lowest BCUT2D eigenvalue weighted by molar-refractivity contribution is -0.125. The number of unbranched alkanes of at least 4 members (excludes halogenated alkanes) is 1. The number of nitrogens with zero attached hydrogens (tertiary/aromatic N) is 1. The van der Waals surface area contributed by atoms with Gasteiger partial charge in [0.2, 0.25) is 11.8 Å². The lowest BCUT2D eigenvalue weighted by Gasteiger charge is -2.12. The van der Waals surface area contributed by atoms with E-state index < -0.39 is 6.04 Å². The van der Waals surface area contributed by atoms with Gasteiger partial charge in [0.1, 0.15) is 12.6 Å². The molecule has 0 saturated carbocycles. The fraction of sp³-hybridized carbons (Fsp3) is 0.656. The minimum absolute atomic E-state index is 0.0941. The average Bonchev–Trinajstić information content (AvgIpc) is 2.93. The minimum Gasteiger partial charge on any atom is -0.351 e. The van der Waals surface area contributed by atoms with Crippen LogP contribution < -0.4 is 21.7 Å². The third-order valence-electron chi connectivity index (χ3n) is 5.10. The zero-order valence-electron chi connectivity index (χ0n) is 28.4. The Morgan fingerprint density at radius 1 is 0.952 bits per heavy atom. The molecule has 0 aliphatic carbocycles. The van der Waals surface area contributed by atoms with Crippen LogP contribution >= 0.6 is 0 Å². The molecular formula is C32H61N5O5. The van der Waals surface area contributed by atoms with E-state index in [1.165, 1.54) is 17.4 Å². The molecule has 1 aromatic carbocycles. The molecule has 10 nitrogen and oxygen atoms in total. The Balaban J connectivity index is -0.000000251. The number of rotatable bonds is 12. The Labute approximate surface area is 256 Å². The van der Waals surface area contributed by atoms with Crippen molar-refractivity contribution >= 4 is 36.1 Å². The lowest BCUT2D eigenvalue weighted by atomic mass is 10.0. The van der Waals surface area contributed by atoms with E-state index in [0.717, 1.165) is 37.8 Å². The second kappa shape index (κ2) is 30.7. The van der Waals surface area contributed by atoms with Crippen molar-refractivity contribution in [3.63, 3.8) is 0 Å². The Hall–Kier alpha value is -3.27. The average molecular weight is 596 g/mol. The van der Waals surface area contributed by atoms with Gasteiger partial charge in [-0.25, -0.2) is 4.79 Å². The molecule has 4 amide bonds. The van der Waals surface area contributed by atoms with Gasteiger partial charge in [0.25, 0.3) is 0 Å². The highest BCUT2D eigenvalue weighted by Gasteiger charge is 2.11. The van der Waals surface area contributed by atoms with Crippen LogP contribution in [0.4, 0.5) is 10.5 Å². The Morgan fingerprint density at radius 3 is 1.81 bits per heavy atom. The predicted molar refractivity (Wildman–Crippen MR) is 175 cm³/mol. The SMILES string of the molecule is CC.CC(C)CC(=O)Nc1ccc(CC(C)C)cc1.CC=O.CCCCN(C)C(N)=O.CNC(C)C(=O)NC(C)C=O. The highest BCUT2D eigenvalue weighted by Crippen LogP contribution is 2.14. The van der Waals surface area contributed by atoms with Crippen molar-refractivity contribution < 1.29 is 24.0 Å². The number of likely N-dealkylation sites (N-methyl/N-ethyl adjacent to an activating group) is 1. The number of anilines is 1. The molecular weight excluding hydrogens is 534 g/mol. The highest BCUT2D eigenvalue weighted by molar-refractivity contribution is 5.90. The number of carbonyl (C=O) groups excluding carboxylic acids is 5. The zero-order chi connectivity index (χ0) is 33.7. The van der Waals surface area contributed by atoms with E-state index in [4.69, 9.17) is 10.5 Å².